The topological polar surface area (TPSA) is 48.5 Å². The van der Waals surface area contributed by atoms with E-state index < -0.39 is 0 Å². The van der Waals surface area contributed by atoms with Crippen LogP contribution in [0, 0.1) is 0 Å². The minimum atomic E-state index is -0.0114. The van der Waals surface area contributed by atoms with E-state index >= 15 is 0 Å². The zero-order valence-corrected chi connectivity index (χ0v) is 13.7. The summed E-state index contributed by atoms with van der Waals surface area (Å²) >= 11 is 0. The van der Waals surface area contributed by atoms with E-state index in [2.05, 4.69) is 39.3 Å². The third-order valence-electron chi connectivity index (χ3n) is 4.32. The highest BCUT2D eigenvalue weighted by Gasteiger charge is 2.14. The summed E-state index contributed by atoms with van der Waals surface area (Å²) in [5.41, 5.74) is 2.21. The smallest absolute Gasteiger partial charge is 0.229 e. The van der Waals surface area contributed by atoms with E-state index in [1.165, 1.54) is 0 Å². The lowest BCUT2D eigenvalue weighted by Gasteiger charge is -2.33. The molecule has 0 spiro atoms. The third kappa shape index (κ3) is 4.42. The van der Waals surface area contributed by atoms with E-state index in [1.807, 2.05) is 24.4 Å². The molecule has 1 amide bonds. The molecule has 5 nitrogen and oxygen atoms in total. The van der Waals surface area contributed by atoms with Crippen LogP contribution in [0.4, 0.5) is 11.5 Å². The Hall–Kier alpha value is -2.14. The van der Waals surface area contributed by atoms with Crippen LogP contribution in [0.3, 0.4) is 0 Å². The lowest BCUT2D eigenvalue weighted by atomic mass is 10.0. The predicted octanol–water partition coefficient (Wildman–Crippen LogP) is 2.44. The molecule has 1 aromatic rings. The molecule has 3 rings (SSSR count). The third-order valence-corrected chi connectivity index (χ3v) is 4.32. The highest BCUT2D eigenvalue weighted by molar-refractivity contribution is 5.91. The SMILES string of the molecule is CN1CCN(c2ccc(NC(=O)CC3=CCCC=C3)nc2)CC1. The molecule has 0 radical (unpaired) electrons. The number of carbonyl (C=O) groups excluding carboxylic acids is 1. The van der Waals surface area contributed by atoms with Crippen LogP contribution in [0.2, 0.25) is 0 Å². The number of piperazine rings is 1. The van der Waals surface area contributed by atoms with Gasteiger partial charge in [0.15, 0.2) is 0 Å². The maximum absolute atomic E-state index is 12.1. The molecular weight excluding hydrogens is 288 g/mol. The van der Waals surface area contributed by atoms with Gasteiger partial charge >= 0.3 is 0 Å². The molecule has 1 N–H and O–H groups in total. The fourth-order valence-electron chi connectivity index (χ4n) is 2.88. The van der Waals surface area contributed by atoms with Crippen molar-refractivity contribution in [2.45, 2.75) is 19.3 Å². The van der Waals surface area contributed by atoms with E-state index in [1.54, 1.807) is 0 Å². The molecule has 0 saturated carbocycles. The number of nitrogens with one attached hydrogen (secondary N) is 1. The summed E-state index contributed by atoms with van der Waals surface area (Å²) in [6, 6.07) is 3.92. The van der Waals surface area contributed by atoms with Gasteiger partial charge in [-0.05, 0) is 37.6 Å². The molecule has 2 aliphatic rings. The number of nitrogens with zero attached hydrogens (tertiary/aromatic N) is 3. The van der Waals surface area contributed by atoms with Gasteiger partial charge in [0, 0.05) is 26.2 Å². The standard InChI is InChI=1S/C18H24N4O/c1-21-9-11-22(12-10-21)16-7-8-17(19-14-16)20-18(23)13-15-5-3-2-4-6-15/h3,5-8,14H,2,4,9-13H2,1H3,(H,19,20,23). The van der Waals surface area contributed by atoms with Crippen LogP contribution < -0.4 is 10.2 Å². The first-order valence-corrected chi connectivity index (χ1v) is 8.26. The molecule has 1 aliphatic carbocycles. The molecule has 1 fully saturated rings. The van der Waals surface area contributed by atoms with E-state index in [9.17, 15) is 4.79 Å². The number of rotatable bonds is 4. The molecule has 0 bridgehead atoms. The van der Waals surface area contributed by atoms with Crippen LogP contribution in [-0.2, 0) is 4.79 Å². The van der Waals surface area contributed by atoms with Crippen molar-refractivity contribution in [3.63, 3.8) is 0 Å². The molecule has 0 aromatic carbocycles. The number of aromatic nitrogens is 1. The number of hydrogen-bond donors (Lipinski definition) is 1. The van der Waals surface area contributed by atoms with Crippen LogP contribution in [-0.4, -0.2) is 49.0 Å². The van der Waals surface area contributed by atoms with Crippen molar-refractivity contribution in [1.29, 1.82) is 0 Å². The maximum Gasteiger partial charge on any atom is 0.229 e. The minimum Gasteiger partial charge on any atom is -0.368 e. The average molecular weight is 312 g/mol. The van der Waals surface area contributed by atoms with E-state index in [-0.39, 0.29) is 5.91 Å². The van der Waals surface area contributed by atoms with E-state index in [4.69, 9.17) is 0 Å². The molecule has 0 unspecified atom stereocenters. The zero-order chi connectivity index (χ0) is 16.1. The Kier molecular flexibility index (Phi) is 5.08. The predicted molar refractivity (Wildman–Crippen MR) is 93.7 cm³/mol. The molecule has 122 valence electrons. The van der Waals surface area contributed by atoms with Crippen molar-refractivity contribution in [2.75, 3.05) is 43.4 Å². The Labute approximate surface area is 137 Å². The van der Waals surface area contributed by atoms with Gasteiger partial charge in [-0.25, -0.2) is 4.98 Å². The summed E-state index contributed by atoms with van der Waals surface area (Å²) in [5, 5.41) is 2.87. The van der Waals surface area contributed by atoms with Gasteiger partial charge in [-0.2, -0.15) is 0 Å². The number of hydrogen-bond acceptors (Lipinski definition) is 4. The Morgan fingerprint density at radius 2 is 2.04 bits per heavy atom. The van der Waals surface area contributed by atoms with E-state index in [0.29, 0.717) is 12.2 Å². The summed E-state index contributed by atoms with van der Waals surface area (Å²) in [5.74, 6) is 0.607. The van der Waals surface area contributed by atoms with Crippen LogP contribution in [0.1, 0.15) is 19.3 Å². The maximum atomic E-state index is 12.1. The summed E-state index contributed by atoms with van der Waals surface area (Å²) in [4.78, 5) is 21.1. The molecule has 2 heterocycles. The van der Waals surface area contributed by atoms with Gasteiger partial charge in [-0.3, -0.25) is 4.79 Å². The first-order valence-electron chi connectivity index (χ1n) is 8.26. The van der Waals surface area contributed by atoms with E-state index in [0.717, 1.165) is 50.3 Å². The van der Waals surface area contributed by atoms with Crippen molar-refractivity contribution < 1.29 is 4.79 Å². The van der Waals surface area contributed by atoms with Crippen LogP contribution in [0.5, 0.6) is 0 Å². The lowest BCUT2D eigenvalue weighted by molar-refractivity contribution is -0.115. The molecule has 1 saturated heterocycles. The van der Waals surface area contributed by atoms with Gasteiger partial charge in [0.25, 0.3) is 0 Å². The Balaban J connectivity index is 1.54. The van der Waals surface area contributed by atoms with Crippen molar-refractivity contribution in [3.05, 3.63) is 42.1 Å². The largest absolute Gasteiger partial charge is 0.368 e. The Morgan fingerprint density at radius 1 is 1.22 bits per heavy atom. The molecule has 5 heteroatoms. The van der Waals surface area contributed by atoms with Gasteiger partial charge in [0.2, 0.25) is 5.91 Å². The monoisotopic (exact) mass is 312 g/mol. The van der Waals surface area contributed by atoms with Crippen molar-refractivity contribution >= 4 is 17.4 Å². The number of anilines is 2. The second kappa shape index (κ2) is 7.42. The lowest BCUT2D eigenvalue weighted by Crippen LogP contribution is -2.44. The highest BCUT2D eigenvalue weighted by Crippen LogP contribution is 2.18. The van der Waals surface area contributed by atoms with Crippen LogP contribution in [0.25, 0.3) is 0 Å². The summed E-state index contributed by atoms with van der Waals surface area (Å²) in [7, 11) is 2.14. The van der Waals surface area contributed by atoms with Crippen molar-refractivity contribution in [1.82, 2.24) is 9.88 Å². The Bertz CT molecular complexity index is 598. The van der Waals surface area contributed by atoms with Gasteiger partial charge in [-0.15, -0.1) is 0 Å². The first kappa shape index (κ1) is 15.7. The summed E-state index contributed by atoms with van der Waals surface area (Å²) in [6.45, 7) is 4.18. The summed E-state index contributed by atoms with van der Waals surface area (Å²) in [6.07, 6.45) is 10.6. The number of allylic oxidation sites excluding steroid dienone is 3. The molecule has 1 aromatic heterocycles. The molecule has 0 atom stereocenters. The van der Waals surface area contributed by atoms with Crippen molar-refractivity contribution in [3.8, 4) is 0 Å². The second-order valence-corrected chi connectivity index (χ2v) is 6.18. The molecular formula is C18H24N4O. The zero-order valence-electron chi connectivity index (χ0n) is 13.7. The molecule has 23 heavy (non-hydrogen) atoms. The number of carbonyl (C=O) groups is 1. The Morgan fingerprint density at radius 3 is 2.70 bits per heavy atom. The van der Waals surface area contributed by atoms with Gasteiger partial charge in [0.05, 0.1) is 18.3 Å². The quantitative estimate of drug-likeness (QED) is 0.928. The van der Waals surface area contributed by atoms with Gasteiger partial charge < -0.3 is 15.1 Å². The van der Waals surface area contributed by atoms with Crippen LogP contribution >= 0.6 is 0 Å². The molecule has 1 aliphatic heterocycles. The fourth-order valence-corrected chi connectivity index (χ4v) is 2.88. The average Bonchev–Trinajstić information content (AvgIpc) is 2.57. The highest BCUT2D eigenvalue weighted by atomic mass is 16.1. The van der Waals surface area contributed by atoms with Crippen molar-refractivity contribution in [2.24, 2.45) is 0 Å². The fraction of sp³-hybridized carbons (Fsp3) is 0.444. The summed E-state index contributed by atoms with van der Waals surface area (Å²) < 4.78 is 0. The number of amides is 1. The minimum absolute atomic E-state index is 0.0114. The van der Waals surface area contributed by atoms with Crippen LogP contribution in [0.15, 0.2) is 42.1 Å². The second-order valence-electron chi connectivity index (χ2n) is 6.18. The normalized spacial score (nSPS) is 18.7. The first-order chi connectivity index (χ1) is 11.2. The van der Waals surface area contributed by atoms with Gasteiger partial charge in [-0.1, -0.05) is 18.2 Å². The number of pyridine rings is 1. The number of likely N-dealkylation sites (N-methyl/N-ethyl adjacent to an activating group) is 1. The van der Waals surface area contributed by atoms with Gasteiger partial charge in [0.1, 0.15) is 5.82 Å².